The minimum atomic E-state index is 0.119. The van der Waals surface area contributed by atoms with Gasteiger partial charge in [-0.1, -0.05) is 6.42 Å². The molecule has 0 spiro atoms. The third-order valence-corrected chi connectivity index (χ3v) is 6.74. The van der Waals surface area contributed by atoms with E-state index in [0.717, 1.165) is 35.7 Å². The molecule has 1 heterocycles. The maximum absolute atomic E-state index is 12.6. The van der Waals surface area contributed by atoms with Crippen molar-refractivity contribution in [3.05, 3.63) is 16.0 Å². The van der Waals surface area contributed by atoms with Crippen LogP contribution in [0.5, 0.6) is 0 Å². The Morgan fingerprint density at radius 1 is 1.45 bits per heavy atom. The van der Waals surface area contributed by atoms with Gasteiger partial charge in [-0.05, 0) is 56.4 Å². The summed E-state index contributed by atoms with van der Waals surface area (Å²) in [5.74, 6) is 2.20. The lowest BCUT2D eigenvalue weighted by Crippen LogP contribution is -2.27. The molecule has 5 heteroatoms. The highest BCUT2D eigenvalue weighted by Crippen LogP contribution is 2.48. The van der Waals surface area contributed by atoms with Crippen molar-refractivity contribution in [2.45, 2.75) is 45.4 Å². The number of alkyl halides is 1. The third-order valence-electron chi connectivity index (χ3n) is 5.21. The number of fused-ring (bicyclic) bond motifs is 2. The van der Waals surface area contributed by atoms with E-state index in [1.54, 1.807) is 11.3 Å². The highest BCUT2D eigenvalue weighted by molar-refractivity contribution is 7.16. The van der Waals surface area contributed by atoms with E-state index in [4.69, 9.17) is 11.6 Å². The fourth-order valence-corrected chi connectivity index (χ4v) is 5.35. The predicted molar refractivity (Wildman–Crippen MR) is 90.4 cm³/mol. The quantitative estimate of drug-likeness (QED) is 0.806. The molecule has 2 aliphatic carbocycles. The Balaban J connectivity index is 1.74. The van der Waals surface area contributed by atoms with Crippen molar-refractivity contribution in [2.75, 3.05) is 11.2 Å². The van der Waals surface area contributed by atoms with Crippen LogP contribution in [0.4, 0.5) is 5.00 Å². The summed E-state index contributed by atoms with van der Waals surface area (Å²) >= 11 is 7.31. The van der Waals surface area contributed by atoms with Crippen molar-refractivity contribution < 1.29 is 4.79 Å². The van der Waals surface area contributed by atoms with Gasteiger partial charge in [0, 0.05) is 16.7 Å². The lowest BCUT2D eigenvalue weighted by Gasteiger charge is -2.20. The van der Waals surface area contributed by atoms with Gasteiger partial charge in [0.25, 0.3) is 0 Å². The van der Waals surface area contributed by atoms with Crippen LogP contribution in [-0.4, -0.2) is 11.8 Å². The molecule has 1 aromatic rings. The number of nitriles is 1. The number of aryl methyl sites for hydroxylation is 1. The van der Waals surface area contributed by atoms with E-state index >= 15 is 0 Å². The van der Waals surface area contributed by atoms with Crippen molar-refractivity contribution in [1.29, 1.82) is 5.26 Å². The van der Waals surface area contributed by atoms with Gasteiger partial charge < -0.3 is 5.32 Å². The van der Waals surface area contributed by atoms with Crippen LogP contribution in [0.3, 0.4) is 0 Å². The summed E-state index contributed by atoms with van der Waals surface area (Å²) in [4.78, 5) is 13.7. The van der Waals surface area contributed by atoms with Crippen LogP contribution in [0.1, 0.15) is 48.1 Å². The Morgan fingerprint density at radius 3 is 2.86 bits per heavy atom. The molecule has 0 radical (unpaired) electrons. The molecule has 2 saturated carbocycles. The molecule has 0 aliphatic heterocycles. The second-order valence-corrected chi connectivity index (χ2v) is 8.01. The molecule has 2 aliphatic rings. The standard InChI is InChI=1S/C17H21ClN2OS/c1-10-14(9-19)17(22-15(10)3-2-6-18)20-16(21)13-8-11-4-5-12(13)7-11/h11-13H,2-8H2,1H3,(H,20,21)/t11-,12+,13+/m0/s1. The van der Waals surface area contributed by atoms with Gasteiger partial charge in [-0.15, -0.1) is 22.9 Å². The van der Waals surface area contributed by atoms with Crippen LogP contribution < -0.4 is 5.32 Å². The smallest absolute Gasteiger partial charge is 0.228 e. The number of carbonyl (C=O) groups is 1. The van der Waals surface area contributed by atoms with Crippen LogP contribution in [0, 0.1) is 36.0 Å². The molecule has 3 atom stereocenters. The van der Waals surface area contributed by atoms with Crippen LogP contribution in [0.15, 0.2) is 0 Å². The fourth-order valence-electron chi connectivity index (χ4n) is 4.02. The van der Waals surface area contributed by atoms with Crippen molar-refractivity contribution in [3.63, 3.8) is 0 Å². The molecule has 1 aromatic heterocycles. The first-order chi connectivity index (χ1) is 10.6. The minimum Gasteiger partial charge on any atom is -0.316 e. The van der Waals surface area contributed by atoms with Crippen LogP contribution in [-0.2, 0) is 11.2 Å². The van der Waals surface area contributed by atoms with E-state index in [2.05, 4.69) is 11.4 Å². The molecule has 2 fully saturated rings. The van der Waals surface area contributed by atoms with Gasteiger partial charge in [-0.2, -0.15) is 5.26 Å². The molecular formula is C17H21ClN2OS. The SMILES string of the molecule is Cc1c(CCCCl)sc(NC(=O)[C@@H]2C[C@H]3CC[C@@H]2C3)c1C#N. The van der Waals surface area contributed by atoms with E-state index < -0.39 is 0 Å². The van der Waals surface area contributed by atoms with Crippen LogP contribution >= 0.6 is 22.9 Å². The summed E-state index contributed by atoms with van der Waals surface area (Å²) in [6.07, 6.45) is 6.50. The monoisotopic (exact) mass is 336 g/mol. The van der Waals surface area contributed by atoms with Crippen molar-refractivity contribution in [3.8, 4) is 6.07 Å². The van der Waals surface area contributed by atoms with Crippen LogP contribution in [0.2, 0.25) is 0 Å². The first-order valence-electron chi connectivity index (χ1n) is 8.03. The zero-order chi connectivity index (χ0) is 15.7. The number of hydrogen-bond donors (Lipinski definition) is 1. The van der Waals surface area contributed by atoms with Gasteiger partial charge in [-0.25, -0.2) is 0 Å². The number of hydrogen-bond acceptors (Lipinski definition) is 3. The van der Waals surface area contributed by atoms with Gasteiger partial charge in [0.1, 0.15) is 11.1 Å². The zero-order valence-electron chi connectivity index (χ0n) is 12.8. The molecule has 1 N–H and O–H groups in total. The molecule has 3 nitrogen and oxygen atoms in total. The number of carbonyl (C=O) groups excluding carboxylic acids is 1. The Bertz CT molecular complexity index is 619. The molecule has 3 rings (SSSR count). The number of nitrogens with zero attached hydrogens (tertiary/aromatic N) is 1. The summed E-state index contributed by atoms with van der Waals surface area (Å²) in [5.41, 5.74) is 1.63. The average molecular weight is 337 g/mol. The summed E-state index contributed by atoms with van der Waals surface area (Å²) in [6, 6.07) is 2.25. The summed E-state index contributed by atoms with van der Waals surface area (Å²) < 4.78 is 0. The van der Waals surface area contributed by atoms with E-state index in [-0.39, 0.29) is 11.8 Å². The Hall–Kier alpha value is -1.05. The topological polar surface area (TPSA) is 52.9 Å². The molecule has 1 amide bonds. The maximum Gasteiger partial charge on any atom is 0.228 e. The third kappa shape index (κ3) is 2.89. The lowest BCUT2D eigenvalue weighted by molar-refractivity contribution is -0.121. The molecule has 118 valence electrons. The van der Waals surface area contributed by atoms with Crippen molar-refractivity contribution in [1.82, 2.24) is 0 Å². The first kappa shape index (κ1) is 15.8. The second-order valence-electron chi connectivity index (χ2n) is 6.53. The average Bonchev–Trinajstić information content (AvgIpc) is 3.20. The molecule has 2 bridgehead atoms. The Kier molecular flexibility index (Phi) is 4.75. The molecule has 0 aromatic carbocycles. The van der Waals surface area contributed by atoms with Crippen molar-refractivity contribution in [2.24, 2.45) is 17.8 Å². The van der Waals surface area contributed by atoms with Gasteiger partial charge >= 0.3 is 0 Å². The highest BCUT2D eigenvalue weighted by Gasteiger charge is 2.43. The Labute approximate surface area is 140 Å². The molecule has 0 saturated heterocycles. The van der Waals surface area contributed by atoms with Crippen LogP contribution in [0.25, 0.3) is 0 Å². The molecule has 0 unspecified atom stereocenters. The fraction of sp³-hybridized carbons (Fsp3) is 0.647. The molecule has 22 heavy (non-hydrogen) atoms. The van der Waals surface area contributed by atoms with Crippen molar-refractivity contribution >= 4 is 33.8 Å². The van der Waals surface area contributed by atoms with Gasteiger partial charge in [0.05, 0.1) is 5.56 Å². The minimum absolute atomic E-state index is 0.119. The number of anilines is 1. The second kappa shape index (κ2) is 6.60. The van der Waals surface area contributed by atoms with E-state index in [0.29, 0.717) is 17.4 Å². The number of amides is 1. The first-order valence-corrected chi connectivity index (χ1v) is 9.38. The number of thiophene rings is 1. The van der Waals surface area contributed by atoms with E-state index in [9.17, 15) is 10.1 Å². The number of rotatable bonds is 5. The lowest BCUT2D eigenvalue weighted by atomic mass is 9.88. The summed E-state index contributed by atoms with van der Waals surface area (Å²) in [5, 5.41) is 13.2. The van der Waals surface area contributed by atoms with E-state index in [1.165, 1.54) is 24.1 Å². The van der Waals surface area contributed by atoms with Gasteiger partial charge in [0.15, 0.2) is 0 Å². The number of nitrogens with one attached hydrogen (secondary N) is 1. The number of halogens is 1. The summed E-state index contributed by atoms with van der Waals surface area (Å²) in [7, 11) is 0. The van der Waals surface area contributed by atoms with E-state index in [1.807, 2.05) is 6.92 Å². The Morgan fingerprint density at radius 2 is 2.27 bits per heavy atom. The van der Waals surface area contributed by atoms with Gasteiger partial charge in [0.2, 0.25) is 5.91 Å². The summed E-state index contributed by atoms with van der Waals surface area (Å²) in [6.45, 7) is 1.96. The predicted octanol–water partition coefficient (Wildman–Crippen LogP) is 4.47. The highest BCUT2D eigenvalue weighted by atomic mass is 35.5. The van der Waals surface area contributed by atoms with Gasteiger partial charge in [-0.3, -0.25) is 4.79 Å². The molecular weight excluding hydrogens is 316 g/mol. The zero-order valence-corrected chi connectivity index (χ0v) is 14.4. The normalized spacial score (nSPS) is 26.1. The largest absolute Gasteiger partial charge is 0.316 e. The maximum atomic E-state index is 12.6.